The lowest BCUT2D eigenvalue weighted by Gasteiger charge is -2.11. The number of carbonyl (C=O) groups is 1. The van der Waals surface area contributed by atoms with Crippen LogP contribution in [-0.4, -0.2) is 35.8 Å². The monoisotopic (exact) mass is 349 g/mol. The quantitative estimate of drug-likeness (QED) is 0.613. The Morgan fingerprint density at radius 2 is 2.04 bits per heavy atom. The van der Waals surface area contributed by atoms with Crippen molar-refractivity contribution in [1.82, 2.24) is 9.97 Å². The van der Waals surface area contributed by atoms with Crippen LogP contribution in [0.25, 0.3) is 0 Å². The van der Waals surface area contributed by atoms with Gasteiger partial charge in [0.15, 0.2) is 5.16 Å². The summed E-state index contributed by atoms with van der Waals surface area (Å²) in [5, 5.41) is 3.18. The summed E-state index contributed by atoms with van der Waals surface area (Å²) in [5.41, 5.74) is 1.58. The molecule has 2 N–H and O–H groups in total. The average molecular weight is 349 g/mol. The number of thioether (sulfide) groups is 1. The van der Waals surface area contributed by atoms with Gasteiger partial charge in [-0.05, 0) is 26.0 Å². The average Bonchev–Trinajstić information content (AvgIpc) is 2.58. The minimum absolute atomic E-state index is 0.112. The number of benzene rings is 1. The predicted molar refractivity (Wildman–Crippen MR) is 93.2 cm³/mol. The molecule has 0 atom stereocenters. The number of hydrogen-bond acceptors (Lipinski definition) is 6. The standard InChI is InChI=1S/C16H19N3O4S/c1-9-10(2)17-16(19-15(9)21)24-8-14(20)18-12-6-5-11(22-3)7-13(12)23-4/h5-7H,8H2,1-4H3,(H,18,20)(H,17,19,21). The zero-order chi connectivity index (χ0) is 17.7. The number of carbonyl (C=O) groups excluding carboxylic acids is 1. The molecule has 0 bridgehead atoms. The van der Waals surface area contributed by atoms with Crippen molar-refractivity contribution >= 4 is 23.4 Å². The zero-order valence-corrected chi connectivity index (χ0v) is 14.7. The molecule has 1 heterocycles. The van der Waals surface area contributed by atoms with E-state index < -0.39 is 0 Å². The summed E-state index contributed by atoms with van der Waals surface area (Å²) in [7, 11) is 3.07. The van der Waals surface area contributed by atoms with Gasteiger partial charge in [-0.1, -0.05) is 11.8 Å². The summed E-state index contributed by atoms with van der Waals surface area (Å²) in [6.45, 7) is 3.47. The van der Waals surface area contributed by atoms with Gasteiger partial charge in [-0.25, -0.2) is 4.98 Å². The molecule has 2 aromatic rings. The largest absolute Gasteiger partial charge is 0.497 e. The first-order valence-corrected chi connectivity index (χ1v) is 8.15. The normalized spacial score (nSPS) is 10.3. The molecule has 0 saturated carbocycles. The van der Waals surface area contributed by atoms with Crippen molar-refractivity contribution in [3.63, 3.8) is 0 Å². The molecule has 0 saturated heterocycles. The first-order chi connectivity index (χ1) is 11.4. The van der Waals surface area contributed by atoms with Crippen molar-refractivity contribution in [3.05, 3.63) is 39.8 Å². The van der Waals surface area contributed by atoms with Crippen molar-refractivity contribution < 1.29 is 14.3 Å². The molecule has 0 spiro atoms. The van der Waals surface area contributed by atoms with Crippen molar-refractivity contribution in [2.24, 2.45) is 0 Å². The Labute approximate surface area is 143 Å². The lowest BCUT2D eigenvalue weighted by molar-refractivity contribution is -0.113. The SMILES string of the molecule is COc1ccc(NC(=O)CSc2nc(C)c(C)c(=O)[nH]2)c(OC)c1. The van der Waals surface area contributed by atoms with Gasteiger partial charge in [0.05, 0.1) is 25.7 Å². The van der Waals surface area contributed by atoms with Gasteiger partial charge in [0.1, 0.15) is 11.5 Å². The third-order valence-corrected chi connectivity index (χ3v) is 4.27. The predicted octanol–water partition coefficient (Wildman–Crippen LogP) is 2.13. The van der Waals surface area contributed by atoms with E-state index in [1.807, 2.05) is 0 Å². The number of aromatic amines is 1. The van der Waals surface area contributed by atoms with Crippen molar-refractivity contribution in [2.45, 2.75) is 19.0 Å². The Balaban J connectivity index is 2.03. The second-order valence-electron chi connectivity index (χ2n) is 4.98. The van der Waals surface area contributed by atoms with Gasteiger partial charge in [0, 0.05) is 17.3 Å². The van der Waals surface area contributed by atoms with Gasteiger partial charge in [0.25, 0.3) is 5.56 Å². The van der Waals surface area contributed by atoms with E-state index >= 15 is 0 Å². The number of hydrogen-bond donors (Lipinski definition) is 2. The van der Waals surface area contributed by atoms with Gasteiger partial charge in [-0.15, -0.1) is 0 Å². The molecule has 0 aliphatic rings. The molecular weight excluding hydrogens is 330 g/mol. The van der Waals surface area contributed by atoms with Gasteiger partial charge in [-0.2, -0.15) is 0 Å². The highest BCUT2D eigenvalue weighted by Crippen LogP contribution is 2.29. The maximum atomic E-state index is 12.1. The summed E-state index contributed by atoms with van der Waals surface area (Å²) in [5.74, 6) is 1.02. The number of methoxy groups -OCH3 is 2. The van der Waals surface area contributed by atoms with Crippen molar-refractivity contribution in [2.75, 3.05) is 25.3 Å². The summed E-state index contributed by atoms with van der Waals surface area (Å²) >= 11 is 1.16. The van der Waals surface area contributed by atoms with Crippen LogP contribution in [0.2, 0.25) is 0 Å². The Morgan fingerprint density at radius 1 is 1.29 bits per heavy atom. The molecule has 0 aliphatic carbocycles. The maximum Gasteiger partial charge on any atom is 0.254 e. The number of aryl methyl sites for hydroxylation is 1. The summed E-state index contributed by atoms with van der Waals surface area (Å²) in [6, 6.07) is 5.12. The summed E-state index contributed by atoms with van der Waals surface area (Å²) < 4.78 is 10.3. The van der Waals surface area contributed by atoms with Gasteiger partial charge >= 0.3 is 0 Å². The van der Waals surface area contributed by atoms with E-state index in [9.17, 15) is 9.59 Å². The Morgan fingerprint density at radius 3 is 2.67 bits per heavy atom. The van der Waals surface area contributed by atoms with Crippen LogP contribution in [0.5, 0.6) is 11.5 Å². The van der Waals surface area contributed by atoms with Crippen molar-refractivity contribution in [3.8, 4) is 11.5 Å². The second kappa shape index (κ2) is 7.87. The van der Waals surface area contributed by atoms with E-state index in [1.54, 1.807) is 39.2 Å². The lowest BCUT2D eigenvalue weighted by atomic mass is 10.2. The Hall–Kier alpha value is -2.48. The molecule has 7 nitrogen and oxygen atoms in total. The van der Waals surface area contributed by atoms with E-state index in [2.05, 4.69) is 15.3 Å². The van der Waals surface area contributed by atoms with Gasteiger partial charge < -0.3 is 19.8 Å². The zero-order valence-electron chi connectivity index (χ0n) is 13.9. The van der Waals surface area contributed by atoms with Crippen LogP contribution in [-0.2, 0) is 4.79 Å². The minimum Gasteiger partial charge on any atom is -0.497 e. The van der Waals surface area contributed by atoms with E-state index in [0.717, 1.165) is 11.8 Å². The number of ether oxygens (including phenoxy) is 2. The molecule has 1 amide bonds. The van der Waals surface area contributed by atoms with Crippen LogP contribution in [0.15, 0.2) is 28.2 Å². The van der Waals surface area contributed by atoms with Crippen LogP contribution in [0, 0.1) is 13.8 Å². The molecule has 8 heteroatoms. The number of H-pyrrole nitrogens is 1. The van der Waals surface area contributed by atoms with Crippen LogP contribution < -0.4 is 20.3 Å². The van der Waals surface area contributed by atoms with Crippen LogP contribution >= 0.6 is 11.8 Å². The molecular formula is C16H19N3O4S. The maximum absolute atomic E-state index is 12.1. The van der Waals surface area contributed by atoms with Gasteiger partial charge in [-0.3, -0.25) is 9.59 Å². The first-order valence-electron chi connectivity index (χ1n) is 7.16. The highest BCUT2D eigenvalue weighted by molar-refractivity contribution is 7.99. The summed E-state index contributed by atoms with van der Waals surface area (Å²) in [6.07, 6.45) is 0. The number of nitrogens with zero attached hydrogens (tertiary/aromatic N) is 1. The number of anilines is 1. The minimum atomic E-state index is -0.232. The van der Waals surface area contributed by atoms with Crippen molar-refractivity contribution in [1.29, 1.82) is 0 Å². The number of aromatic nitrogens is 2. The molecule has 2 rings (SSSR count). The molecule has 0 fully saturated rings. The first kappa shape index (κ1) is 17.9. The third kappa shape index (κ3) is 4.29. The Bertz CT molecular complexity index is 804. The number of nitrogens with one attached hydrogen (secondary N) is 2. The van der Waals surface area contributed by atoms with Crippen LogP contribution in [0.3, 0.4) is 0 Å². The fourth-order valence-electron chi connectivity index (χ4n) is 1.91. The molecule has 1 aromatic heterocycles. The fraction of sp³-hybridized carbons (Fsp3) is 0.312. The van der Waals surface area contributed by atoms with Gasteiger partial charge in [0.2, 0.25) is 5.91 Å². The number of amides is 1. The molecule has 24 heavy (non-hydrogen) atoms. The topological polar surface area (TPSA) is 93.3 Å². The highest BCUT2D eigenvalue weighted by Gasteiger charge is 2.11. The third-order valence-electron chi connectivity index (χ3n) is 3.40. The van der Waals surface area contributed by atoms with E-state index in [4.69, 9.17) is 9.47 Å². The van der Waals surface area contributed by atoms with E-state index in [0.29, 0.717) is 33.6 Å². The summed E-state index contributed by atoms with van der Waals surface area (Å²) in [4.78, 5) is 30.7. The molecule has 128 valence electrons. The number of rotatable bonds is 6. The van der Waals surface area contributed by atoms with E-state index in [1.165, 1.54) is 7.11 Å². The van der Waals surface area contributed by atoms with Crippen LogP contribution in [0.1, 0.15) is 11.3 Å². The lowest BCUT2D eigenvalue weighted by Crippen LogP contribution is -2.17. The smallest absolute Gasteiger partial charge is 0.254 e. The van der Waals surface area contributed by atoms with E-state index in [-0.39, 0.29) is 17.2 Å². The fourth-order valence-corrected chi connectivity index (χ4v) is 2.62. The second-order valence-corrected chi connectivity index (χ2v) is 5.95. The molecule has 1 aromatic carbocycles. The Kier molecular flexibility index (Phi) is 5.86. The molecule has 0 aliphatic heterocycles. The highest BCUT2D eigenvalue weighted by atomic mass is 32.2. The molecule has 0 unspecified atom stereocenters. The van der Waals surface area contributed by atoms with Crippen LogP contribution in [0.4, 0.5) is 5.69 Å². The molecule has 0 radical (unpaired) electrons.